The zero-order chi connectivity index (χ0) is 17.0. The van der Waals surface area contributed by atoms with Gasteiger partial charge >= 0.3 is 0 Å². The van der Waals surface area contributed by atoms with Crippen LogP contribution >= 0.6 is 0 Å². The molecule has 6 rings (SSSR count). The van der Waals surface area contributed by atoms with Gasteiger partial charge in [0.2, 0.25) is 0 Å². The van der Waals surface area contributed by atoms with Crippen molar-refractivity contribution in [3.8, 4) is 5.75 Å². The highest BCUT2D eigenvalue weighted by Crippen LogP contribution is 2.61. The SMILES string of the molecule is C[C@H](N=Cc1c(O)ccc2ccccc12)C12CC3CC(CC(C3)C1)C2. The number of phenolic OH excluding ortho intramolecular Hbond substituents is 1. The minimum Gasteiger partial charge on any atom is -0.507 e. The van der Waals surface area contributed by atoms with E-state index in [1.165, 1.54) is 38.5 Å². The third kappa shape index (κ3) is 2.49. The molecule has 0 unspecified atom stereocenters. The Labute approximate surface area is 150 Å². The van der Waals surface area contributed by atoms with Gasteiger partial charge in [0.05, 0.1) is 6.04 Å². The lowest BCUT2D eigenvalue weighted by Crippen LogP contribution is -2.50. The molecule has 25 heavy (non-hydrogen) atoms. The van der Waals surface area contributed by atoms with E-state index in [4.69, 9.17) is 4.99 Å². The largest absolute Gasteiger partial charge is 0.507 e. The van der Waals surface area contributed by atoms with E-state index >= 15 is 0 Å². The van der Waals surface area contributed by atoms with Crippen LogP contribution in [0.15, 0.2) is 41.4 Å². The average Bonchev–Trinajstić information content (AvgIpc) is 2.59. The quantitative estimate of drug-likeness (QED) is 0.732. The van der Waals surface area contributed by atoms with Crippen LogP contribution in [-0.2, 0) is 0 Å². The van der Waals surface area contributed by atoms with Crippen LogP contribution in [0.3, 0.4) is 0 Å². The van der Waals surface area contributed by atoms with E-state index in [-0.39, 0.29) is 0 Å². The normalized spacial score (nSPS) is 34.8. The number of aromatic hydroxyl groups is 1. The molecule has 1 N–H and O–H groups in total. The predicted octanol–water partition coefficient (Wildman–Crippen LogP) is 5.57. The van der Waals surface area contributed by atoms with Crippen molar-refractivity contribution in [3.63, 3.8) is 0 Å². The van der Waals surface area contributed by atoms with Gasteiger partial charge in [-0.15, -0.1) is 0 Å². The Hall–Kier alpha value is -1.83. The van der Waals surface area contributed by atoms with Crippen molar-refractivity contribution in [2.45, 2.75) is 51.5 Å². The van der Waals surface area contributed by atoms with Gasteiger partial charge < -0.3 is 5.11 Å². The molecule has 4 aliphatic rings. The number of rotatable bonds is 3. The highest BCUT2D eigenvalue weighted by molar-refractivity contribution is 6.02. The average molecular weight is 333 g/mol. The molecule has 0 aliphatic heterocycles. The van der Waals surface area contributed by atoms with Crippen molar-refractivity contribution >= 4 is 17.0 Å². The maximum absolute atomic E-state index is 10.4. The molecule has 2 aromatic carbocycles. The Balaban J connectivity index is 1.47. The maximum atomic E-state index is 10.4. The molecule has 4 bridgehead atoms. The van der Waals surface area contributed by atoms with Gasteiger partial charge in [-0.1, -0.05) is 30.3 Å². The van der Waals surface area contributed by atoms with Gasteiger partial charge in [0.25, 0.3) is 0 Å². The topological polar surface area (TPSA) is 32.6 Å². The van der Waals surface area contributed by atoms with Gasteiger partial charge in [0, 0.05) is 11.8 Å². The van der Waals surface area contributed by atoms with E-state index in [2.05, 4.69) is 19.1 Å². The Morgan fingerprint density at radius 1 is 1.00 bits per heavy atom. The summed E-state index contributed by atoms with van der Waals surface area (Å²) in [6.07, 6.45) is 10.5. The van der Waals surface area contributed by atoms with Gasteiger partial charge in [0.15, 0.2) is 0 Å². The zero-order valence-electron chi connectivity index (χ0n) is 15.0. The van der Waals surface area contributed by atoms with E-state index in [0.29, 0.717) is 17.2 Å². The van der Waals surface area contributed by atoms with E-state index < -0.39 is 0 Å². The zero-order valence-corrected chi connectivity index (χ0v) is 15.0. The van der Waals surface area contributed by atoms with Crippen molar-refractivity contribution in [1.29, 1.82) is 0 Å². The first-order valence-corrected chi connectivity index (χ1v) is 9.87. The van der Waals surface area contributed by atoms with Crippen LogP contribution < -0.4 is 0 Å². The fourth-order valence-corrected chi connectivity index (χ4v) is 6.45. The summed E-state index contributed by atoms with van der Waals surface area (Å²) in [5, 5.41) is 12.6. The standard InChI is InChI=1S/C23H27NO/c1-15(23-11-16-8-17(12-23)10-18(9-16)13-23)24-14-21-20-5-3-2-4-19(20)6-7-22(21)25/h2-7,14-18,25H,8-13H2,1H3/t15-,16?,17?,18?,23?/m0/s1. The predicted molar refractivity (Wildman–Crippen MR) is 103 cm³/mol. The molecule has 2 nitrogen and oxygen atoms in total. The van der Waals surface area contributed by atoms with Crippen LogP contribution in [0.1, 0.15) is 51.0 Å². The number of nitrogens with zero attached hydrogens (tertiary/aromatic N) is 1. The first-order valence-electron chi connectivity index (χ1n) is 9.87. The molecule has 4 saturated carbocycles. The van der Waals surface area contributed by atoms with Crippen molar-refractivity contribution in [2.75, 3.05) is 0 Å². The monoisotopic (exact) mass is 333 g/mol. The second-order valence-corrected chi connectivity index (χ2v) is 8.95. The summed E-state index contributed by atoms with van der Waals surface area (Å²) in [4.78, 5) is 5.01. The van der Waals surface area contributed by atoms with E-state index in [1.54, 1.807) is 6.07 Å². The molecule has 0 spiro atoms. The summed E-state index contributed by atoms with van der Waals surface area (Å²) in [6, 6.07) is 12.4. The maximum Gasteiger partial charge on any atom is 0.124 e. The number of hydrogen-bond donors (Lipinski definition) is 1. The van der Waals surface area contributed by atoms with Crippen LogP contribution in [0.4, 0.5) is 0 Å². The fourth-order valence-electron chi connectivity index (χ4n) is 6.45. The molecular formula is C23H27NO. The summed E-state index contributed by atoms with van der Waals surface area (Å²) in [5.74, 6) is 3.19. The minimum atomic E-state index is 0.333. The van der Waals surface area contributed by atoms with Gasteiger partial charge in [-0.3, -0.25) is 4.99 Å². The molecule has 4 fully saturated rings. The van der Waals surface area contributed by atoms with Gasteiger partial charge in [-0.2, -0.15) is 0 Å². The lowest BCUT2D eigenvalue weighted by Gasteiger charge is -2.58. The van der Waals surface area contributed by atoms with Crippen LogP contribution in [0, 0.1) is 23.2 Å². The van der Waals surface area contributed by atoms with Gasteiger partial charge in [0.1, 0.15) is 5.75 Å². The molecule has 0 heterocycles. The third-order valence-corrected chi connectivity index (χ3v) is 7.35. The molecule has 130 valence electrons. The van der Waals surface area contributed by atoms with Crippen LogP contribution in [-0.4, -0.2) is 17.4 Å². The lowest BCUT2D eigenvalue weighted by molar-refractivity contribution is -0.0632. The summed E-state index contributed by atoms with van der Waals surface area (Å²) >= 11 is 0. The molecule has 0 aromatic heterocycles. The van der Waals surface area contributed by atoms with Crippen LogP contribution in [0.2, 0.25) is 0 Å². The summed E-state index contributed by atoms with van der Waals surface area (Å²) < 4.78 is 0. The van der Waals surface area contributed by atoms with E-state index in [0.717, 1.165) is 34.1 Å². The summed E-state index contributed by atoms with van der Waals surface area (Å²) in [7, 11) is 0. The smallest absolute Gasteiger partial charge is 0.124 e. The van der Waals surface area contributed by atoms with Crippen molar-refractivity contribution < 1.29 is 5.11 Å². The van der Waals surface area contributed by atoms with Crippen LogP contribution in [0.25, 0.3) is 10.8 Å². The third-order valence-electron chi connectivity index (χ3n) is 7.35. The van der Waals surface area contributed by atoms with Gasteiger partial charge in [-0.05, 0) is 85.5 Å². The number of hydrogen-bond acceptors (Lipinski definition) is 2. The molecule has 4 aliphatic carbocycles. The number of fused-ring (bicyclic) bond motifs is 1. The molecular weight excluding hydrogens is 306 g/mol. The fraction of sp³-hybridized carbons (Fsp3) is 0.522. The molecule has 0 radical (unpaired) electrons. The van der Waals surface area contributed by atoms with Gasteiger partial charge in [-0.25, -0.2) is 0 Å². The van der Waals surface area contributed by atoms with E-state index in [9.17, 15) is 5.11 Å². The Morgan fingerprint density at radius 3 is 2.32 bits per heavy atom. The number of aliphatic imine (C=N–C) groups is 1. The molecule has 1 atom stereocenters. The second-order valence-electron chi connectivity index (χ2n) is 8.95. The molecule has 2 heteroatoms. The van der Waals surface area contributed by atoms with Crippen LogP contribution in [0.5, 0.6) is 5.75 Å². The highest BCUT2D eigenvalue weighted by atomic mass is 16.3. The lowest BCUT2D eigenvalue weighted by atomic mass is 9.48. The minimum absolute atomic E-state index is 0.333. The second kappa shape index (κ2) is 5.59. The number of phenols is 1. The molecule has 0 saturated heterocycles. The van der Waals surface area contributed by atoms with Crippen molar-refractivity contribution in [3.05, 3.63) is 42.0 Å². The van der Waals surface area contributed by atoms with Crippen molar-refractivity contribution in [2.24, 2.45) is 28.2 Å². The summed E-state index contributed by atoms with van der Waals surface area (Å²) in [6.45, 7) is 2.31. The summed E-state index contributed by atoms with van der Waals surface area (Å²) in [5.41, 5.74) is 1.29. The van der Waals surface area contributed by atoms with E-state index in [1.807, 2.05) is 24.4 Å². The Bertz CT molecular complexity index is 802. The molecule has 0 amide bonds. The Morgan fingerprint density at radius 2 is 1.64 bits per heavy atom. The number of benzene rings is 2. The Kier molecular flexibility index (Phi) is 3.45. The first-order chi connectivity index (χ1) is 12.1. The molecule has 2 aromatic rings. The first kappa shape index (κ1) is 15.4. The van der Waals surface area contributed by atoms with Crippen molar-refractivity contribution in [1.82, 2.24) is 0 Å². The highest BCUT2D eigenvalue weighted by Gasteiger charge is 2.53.